The van der Waals surface area contributed by atoms with Crippen LogP contribution in [0.15, 0.2) is 16.6 Å². The Morgan fingerprint density at radius 2 is 2.30 bits per heavy atom. The van der Waals surface area contributed by atoms with E-state index in [0.717, 1.165) is 0 Å². The number of fused-ring (bicyclic) bond motifs is 1. The fourth-order valence-electron chi connectivity index (χ4n) is 1.96. The van der Waals surface area contributed by atoms with Crippen molar-refractivity contribution in [3.63, 3.8) is 0 Å². The number of nitrogens with zero attached hydrogens (tertiary/aromatic N) is 2. The second kappa shape index (κ2) is 6.54. The number of benzene rings is 1. The molecule has 0 saturated heterocycles. The first kappa shape index (κ1) is 15.3. The molecule has 2 aromatic rings. The number of alkyl halides is 1. The molecule has 108 valence electrons. The van der Waals surface area contributed by atoms with E-state index in [4.69, 9.17) is 16.3 Å². The Kier molecular flexibility index (Phi) is 4.99. The summed E-state index contributed by atoms with van der Waals surface area (Å²) in [5, 5.41) is 0. The van der Waals surface area contributed by atoms with Gasteiger partial charge in [0.05, 0.1) is 22.1 Å². The molecular formula is C13H13BrClFN2O2. The molecule has 0 atom stereocenters. The molecule has 1 aromatic carbocycles. The van der Waals surface area contributed by atoms with E-state index in [1.165, 1.54) is 6.07 Å². The summed E-state index contributed by atoms with van der Waals surface area (Å²) >= 11 is 8.87. The van der Waals surface area contributed by atoms with Gasteiger partial charge in [0.2, 0.25) is 0 Å². The van der Waals surface area contributed by atoms with Crippen molar-refractivity contribution in [1.29, 1.82) is 0 Å². The van der Waals surface area contributed by atoms with E-state index in [0.29, 0.717) is 40.2 Å². The van der Waals surface area contributed by atoms with Crippen LogP contribution in [0.4, 0.5) is 4.39 Å². The zero-order chi connectivity index (χ0) is 14.7. The van der Waals surface area contributed by atoms with Gasteiger partial charge < -0.3 is 9.30 Å². The molecule has 1 aromatic heterocycles. The molecule has 1 heterocycles. The molecule has 0 N–H and O–H groups in total. The second-order valence-electron chi connectivity index (χ2n) is 4.11. The van der Waals surface area contributed by atoms with Crippen molar-refractivity contribution >= 4 is 44.5 Å². The fraction of sp³-hybridized carbons (Fsp3) is 0.385. The highest BCUT2D eigenvalue weighted by molar-refractivity contribution is 9.10. The van der Waals surface area contributed by atoms with Gasteiger partial charge in [0, 0.05) is 18.4 Å². The SMILES string of the molecule is CCOC(=O)Cn1c(CCCl)nc2cc(Br)c(F)cc21. The van der Waals surface area contributed by atoms with Gasteiger partial charge in [0.1, 0.15) is 18.2 Å². The Morgan fingerprint density at radius 3 is 2.95 bits per heavy atom. The molecule has 4 nitrogen and oxygen atoms in total. The van der Waals surface area contributed by atoms with Crippen molar-refractivity contribution in [3.8, 4) is 0 Å². The number of esters is 1. The van der Waals surface area contributed by atoms with Crippen molar-refractivity contribution in [3.05, 3.63) is 28.2 Å². The van der Waals surface area contributed by atoms with Gasteiger partial charge >= 0.3 is 5.97 Å². The summed E-state index contributed by atoms with van der Waals surface area (Å²) in [6.45, 7) is 2.04. The third-order valence-corrected chi connectivity index (χ3v) is 3.58. The molecule has 0 fully saturated rings. The lowest BCUT2D eigenvalue weighted by molar-refractivity contribution is -0.143. The molecule has 0 amide bonds. The van der Waals surface area contributed by atoms with Crippen molar-refractivity contribution < 1.29 is 13.9 Å². The number of aromatic nitrogens is 2. The minimum Gasteiger partial charge on any atom is -0.465 e. The third-order valence-electron chi connectivity index (χ3n) is 2.78. The Hall–Kier alpha value is -1.14. The lowest BCUT2D eigenvalue weighted by Crippen LogP contribution is -2.15. The highest BCUT2D eigenvalue weighted by Gasteiger charge is 2.16. The number of aryl methyl sites for hydroxylation is 1. The summed E-state index contributed by atoms with van der Waals surface area (Å²) in [7, 11) is 0. The van der Waals surface area contributed by atoms with E-state index in [-0.39, 0.29) is 12.5 Å². The summed E-state index contributed by atoms with van der Waals surface area (Å²) in [5.74, 6) is 0.224. The van der Waals surface area contributed by atoms with Crippen LogP contribution in [0.2, 0.25) is 0 Å². The van der Waals surface area contributed by atoms with Gasteiger partial charge in [-0.3, -0.25) is 4.79 Å². The Balaban J connectivity index is 2.50. The molecule has 0 unspecified atom stereocenters. The quantitative estimate of drug-likeness (QED) is 0.605. The number of halogens is 3. The zero-order valence-corrected chi connectivity index (χ0v) is 13.2. The van der Waals surface area contributed by atoms with Crippen LogP contribution in [0.1, 0.15) is 12.7 Å². The molecule has 0 aliphatic carbocycles. The Labute approximate surface area is 129 Å². The standard InChI is InChI=1S/C13H13BrClFN2O2/c1-2-20-13(19)7-18-11-6-9(16)8(14)5-10(11)17-12(18)3-4-15/h5-6H,2-4,7H2,1H3. The van der Waals surface area contributed by atoms with Gasteiger partial charge in [0.25, 0.3) is 0 Å². The molecule has 0 saturated carbocycles. The van der Waals surface area contributed by atoms with Crippen molar-refractivity contribution in [2.75, 3.05) is 12.5 Å². The first-order valence-electron chi connectivity index (χ1n) is 6.12. The van der Waals surface area contributed by atoms with Crippen LogP contribution in [0.25, 0.3) is 11.0 Å². The highest BCUT2D eigenvalue weighted by Crippen LogP contribution is 2.24. The number of rotatable bonds is 5. The van der Waals surface area contributed by atoms with Crippen LogP contribution in [0, 0.1) is 5.82 Å². The first-order chi connectivity index (χ1) is 9.56. The summed E-state index contributed by atoms with van der Waals surface area (Å²) < 4.78 is 20.6. The van der Waals surface area contributed by atoms with E-state index in [1.54, 1.807) is 17.6 Å². The Bertz CT molecular complexity index is 645. The lowest BCUT2D eigenvalue weighted by Gasteiger charge is -2.08. The van der Waals surface area contributed by atoms with Gasteiger partial charge in [0.15, 0.2) is 0 Å². The zero-order valence-electron chi connectivity index (χ0n) is 10.8. The predicted octanol–water partition coefficient (Wildman–Crippen LogP) is 3.28. The molecule has 0 aliphatic rings. The number of carbonyl (C=O) groups excluding carboxylic acids is 1. The fourth-order valence-corrected chi connectivity index (χ4v) is 2.46. The van der Waals surface area contributed by atoms with Gasteiger partial charge in [-0.15, -0.1) is 11.6 Å². The smallest absolute Gasteiger partial charge is 0.326 e. The third kappa shape index (κ3) is 3.12. The summed E-state index contributed by atoms with van der Waals surface area (Å²) in [6.07, 6.45) is 0.495. The number of carbonyl (C=O) groups is 1. The van der Waals surface area contributed by atoms with Crippen LogP contribution in [0.5, 0.6) is 0 Å². The van der Waals surface area contributed by atoms with Crippen molar-refractivity contribution in [2.24, 2.45) is 0 Å². The molecule has 0 aliphatic heterocycles. The second-order valence-corrected chi connectivity index (χ2v) is 5.35. The minimum absolute atomic E-state index is 0.00235. The van der Waals surface area contributed by atoms with E-state index >= 15 is 0 Å². The van der Waals surface area contributed by atoms with Crippen LogP contribution in [0.3, 0.4) is 0 Å². The van der Waals surface area contributed by atoms with E-state index in [9.17, 15) is 9.18 Å². The van der Waals surface area contributed by atoms with Crippen molar-refractivity contribution in [1.82, 2.24) is 9.55 Å². The molecular weight excluding hydrogens is 351 g/mol. The highest BCUT2D eigenvalue weighted by atomic mass is 79.9. The van der Waals surface area contributed by atoms with Crippen LogP contribution in [-0.2, 0) is 22.5 Å². The van der Waals surface area contributed by atoms with Gasteiger partial charge in [-0.2, -0.15) is 0 Å². The van der Waals surface area contributed by atoms with E-state index < -0.39 is 5.82 Å². The molecule has 0 bridgehead atoms. The van der Waals surface area contributed by atoms with Crippen LogP contribution in [-0.4, -0.2) is 28.0 Å². The number of hydrogen-bond donors (Lipinski definition) is 0. The van der Waals surface area contributed by atoms with Crippen molar-refractivity contribution in [2.45, 2.75) is 19.9 Å². The monoisotopic (exact) mass is 362 g/mol. The van der Waals surface area contributed by atoms with E-state index in [2.05, 4.69) is 20.9 Å². The summed E-state index contributed by atoms with van der Waals surface area (Å²) in [4.78, 5) is 16.0. The van der Waals surface area contributed by atoms with Gasteiger partial charge in [-0.1, -0.05) is 0 Å². The number of ether oxygens (including phenoxy) is 1. The topological polar surface area (TPSA) is 44.1 Å². The molecule has 0 spiro atoms. The minimum atomic E-state index is -0.403. The average molecular weight is 364 g/mol. The molecule has 20 heavy (non-hydrogen) atoms. The average Bonchev–Trinajstić information content (AvgIpc) is 2.69. The predicted molar refractivity (Wildman–Crippen MR) is 78.4 cm³/mol. The first-order valence-corrected chi connectivity index (χ1v) is 7.45. The molecule has 0 radical (unpaired) electrons. The maximum atomic E-state index is 13.7. The summed E-state index contributed by atoms with van der Waals surface area (Å²) in [5.41, 5.74) is 1.17. The van der Waals surface area contributed by atoms with Gasteiger partial charge in [-0.05, 0) is 28.9 Å². The summed E-state index contributed by atoms with van der Waals surface area (Å²) in [6, 6.07) is 2.94. The van der Waals surface area contributed by atoms with Gasteiger partial charge in [-0.25, -0.2) is 9.37 Å². The maximum Gasteiger partial charge on any atom is 0.326 e. The lowest BCUT2D eigenvalue weighted by atomic mass is 10.3. The van der Waals surface area contributed by atoms with Crippen LogP contribution < -0.4 is 0 Å². The molecule has 7 heteroatoms. The number of hydrogen-bond acceptors (Lipinski definition) is 3. The largest absolute Gasteiger partial charge is 0.465 e. The number of imidazole rings is 1. The van der Waals surface area contributed by atoms with E-state index in [1.807, 2.05) is 0 Å². The Morgan fingerprint density at radius 1 is 1.55 bits per heavy atom. The van der Waals surface area contributed by atoms with Crippen LogP contribution >= 0.6 is 27.5 Å². The normalized spacial score (nSPS) is 11.0. The molecule has 2 rings (SSSR count). The maximum absolute atomic E-state index is 13.7.